The average molecular weight is 442 g/mol. The zero-order valence-electron chi connectivity index (χ0n) is 16.9. The molecule has 4 aliphatic rings. The van der Waals surface area contributed by atoms with Crippen LogP contribution in [0.1, 0.15) is 48.0 Å². The van der Waals surface area contributed by atoms with E-state index < -0.39 is 47.9 Å². The van der Waals surface area contributed by atoms with Gasteiger partial charge in [-0.05, 0) is 65.3 Å². The summed E-state index contributed by atoms with van der Waals surface area (Å²) in [6.45, 7) is -0.417. The summed E-state index contributed by atoms with van der Waals surface area (Å²) in [6.07, 6.45) is 1.58. The van der Waals surface area contributed by atoms with Crippen LogP contribution in [0.5, 0.6) is 5.75 Å². The van der Waals surface area contributed by atoms with Crippen molar-refractivity contribution in [1.29, 1.82) is 0 Å². The highest BCUT2D eigenvalue weighted by Gasteiger charge is 2.58. The van der Waals surface area contributed by atoms with Gasteiger partial charge in [-0.25, -0.2) is 0 Å². The largest absolute Gasteiger partial charge is 0.508 e. The van der Waals surface area contributed by atoms with Crippen LogP contribution in [0, 0.1) is 5.41 Å². The molecule has 0 aromatic heterocycles. The van der Waals surface area contributed by atoms with E-state index in [1.165, 1.54) is 18.2 Å². The maximum atomic E-state index is 12.2. The van der Waals surface area contributed by atoms with Crippen molar-refractivity contribution in [3.8, 4) is 5.75 Å². The third-order valence-corrected chi connectivity index (χ3v) is 7.00. The first-order chi connectivity index (χ1) is 15.1. The van der Waals surface area contributed by atoms with E-state index in [0.717, 1.165) is 0 Å². The summed E-state index contributed by atoms with van der Waals surface area (Å²) in [6, 6.07) is 2.95. The predicted octanol–water partition coefficient (Wildman–Crippen LogP) is 0.0604. The third kappa shape index (κ3) is 2.69. The van der Waals surface area contributed by atoms with E-state index in [9.17, 15) is 40.2 Å². The number of cyclic esters (lactones) is 2. The van der Waals surface area contributed by atoms with E-state index in [-0.39, 0.29) is 36.1 Å². The highest BCUT2D eigenvalue weighted by atomic mass is 16.6. The number of aromatic hydroxyl groups is 1. The summed E-state index contributed by atoms with van der Waals surface area (Å²) in [5.74, 6) is -4.83. The Morgan fingerprint density at radius 1 is 1.09 bits per heavy atom. The van der Waals surface area contributed by atoms with Gasteiger partial charge in [0.15, 0.2) is 5.41 Å². The number of aliphatic hydroxyl groups is 5. The van der Waals surface area contributed by atoms with Crippen molar-refractivity contribution in [3.05, 3.63) is 58.2 Å². The number of phenolic OH excluding ortho intramolecular Hbond substituents is 1. The van der Waals surface area contributed by atoms with Gasteiger partial charge in [-0.15, -0.1) is 0 Å². The molecule has 168 valence electrons. The van der Waals surface area contributed by atoms with Crippen LogP contribution < -0.4 is 0 Å². The highest BCUT2D eigenvalue weighted by Crippen LogP contribution is 2.53. The summed E-state index contributed by atoms with van der Waals surface area (Å²) in [5.41, 5.74) is 0.587. The van der Waals surface area contributed by atoms with Crippen molar-refractivity contribution >= 4 is 17.5 Å². The number of carbonyl (C=O) groups excluding carboxylic acids is 2. The molecule has 0 radical (unpaired) electrons. The van der Waals surface area contributed by atoms with Gasteiger partial charge >= 0.3 is 11.9 Å². The van der Waals surface area contributed by atoms with Crippen molar-refractivity contribution in [3.63, 3.8) is 0 Å². The lowest BCUT2D eigenvalue weighted by Gasteiger charge is -2.36. The van der Waals surface area contributed by atoms with E-state index in [2.05, 4.69) is 4.74 Å². The van der Waals surface area contributed by atoms with Gasteiger partial charge in [-0.3, -0.25) is 9.59 Å². The quantitative estimate of drug-likeness (QED) is 0.215. The number of esters is 2. The first kappa shape index (κ1) is 21.0. The first-order valence-corrected chi connectivity index (χ1v) is 10.3. The van der Waals surface area contributed by atoms with Crippen molar-refractivity contribution < 1.29 is 45.0 Å². The Bertz CT molecular complexity index is 1130. The van der Waals surface area contributed by atoms with Gasteiger partial charge in [-0.2, -0.15) is 0 Å². The molecule has 2 bridgehead atoms. The molecule has 9 heteroatoms. The fourth-order valence-corrected chi connectivity index (χ4v) is 5.28. The van der Waals surface area contributed by atoms with Crippen LogP contribution in [0.2, 0.25) is 0 Å². The molecule has 1 saturated heterocycles. The smallest absolute Gasteiger partial charge is 0.331 e. The molecule has 5 rings (SSSR count). The second kappa shape index (κ2) is 6.84. The fraction of sp³-hybridized carbons (Fsp3) is 0.391. The van der Waals surface area contributed by atoms with Gasteiger partial charge in [-0.1, -0.05) is 12.1 Å². The normalized spacial score (nSPS) is 29.0. The van der Waals surface area contributed by atoms with E-state index >= 15 is 0 Å². The maximum absolute atomic E-state index is 12.2. The molecule has 1 saturated carbocycles. The number of ether oxygens (including phenoxy) is 1. The van der Waals surface area contributed by atoms with Crippen molar-refractivity contribution in [2.75, 3.05) is 6.61 Å². The van der Waals surface area contributed by atoms with Gasteiger partial charge in [0.25, 0.3) is 0 Å². The number of hydrogen-bond donors (Lipinski definition) is 6. The molecule has 2 fully saturated rings. The molecule has 1 aromatic carbocycles. The molecule has 3 aliphatic carbocycles. The Balaban J connectivity index is 1.69. The number of carbonyl (C=O) groups is 2. The van der Waals surface area contributed by atoms with Gasteiger partial charge in [0.1, 0.15) is 18.0 Å². The summed E-state index contributed by atoms with van der Waals surface area (Å²) >= 11 is 0. The van der Waals surface area contributed by atoms with Crippen LogP contribution in [-0.2, 0) is 14.3 Å². The van der Waals surface area contributed by atoms with E-state index in [1.807, 2.05) is 0 Å². The minimum atomic E-state index is -2.44. The van der Waals surface area contributed by atoms with Crippen molar-refractivity contribution in [2.45, 2.75) is 43.2 Å². The Hall–Kier alpha value is -2.82. The van der Waals surface area contributed by atoms with Crippen LogP contribution in [0.3, 0.4) is 0 Å². The second-order valence-corrected chi connectivity index (χ2v) is 8.81. The standard InChI is InChI=1S/C23H22O9/c24-4-3-22(20(28)32-21(22)29)9-10-5-11-7-12-8-14(19(27)23(12,30)31)13-1-2-15(25)18(17(11)13)16(26)6-10/h1-2,5-7,14,16,19,24-27,30-31H,3-4,8-9H2. The molecule has 6 N–H and O–H groups in total. The van der Waals surface area contributed by atoms with Crippen molar-refractivity contribution in [2.24, 2.45) is 5.41 Å². The van der Waals surface area contributed by atoms with Crippen molar-refractivity contribution in [1.82, 2.24) is 0 Å². The summed E-state index contributed by atoms with van der Waals surface area (Å²) in [5, 5.41) is 62.3. The zero-order chi connectivity index (χ0) is 23.0. The van der Waals surface area contributed by atoms with Crippen LogP contribution in [-0.4, -0.2) is 61.1 Å². The van der Waals surface area contributed by atoms with Gasteiger partial charge in [0.05, 0.1) is 0 Å². The number of phenols is 1. The molecule has 32 heavy (non-hydrogen) atoms. The number of rotatable bonds is 4. The topological polar surface area (TPSA) is 165 Å². The van der Waals surface area contributed by atoms with Crippen LogP contribution in [0.4, 0.5) is 0 Å². The molecule has 9 nitrogen and oxygen atoms in total. The fourth-order valence-electron chi connectivity index (χ4n) is 5.28. The minimum Gasteiger partial charge on any atom is -0.508 e. The van der Waals surface area contributed by atoms with Gasteiger partial charge in [0, 0.05) is 18.1 Å². The SMILES string of the molecule is O=C1OC(=O)C1(CCO)CC1=CC(O)c2c(O)ccc3c2C(=C1)C=C1CC3C(O)C1(O)O. The number of benzene rings is 1. The molecule has 3 atom stereocenters. The average Bonchev–Trinajstić information content (AvgIpc) is 2.87. The van der Waals surface area contributed by atoms with Gasteiger partial charge in [0.2, 0.25) is 5.79 Å². The Kier molecular flexibility index (Phi) is 4.50. The molecule has 1 aromatic rings. The number of aliphatic hydroxyl groups excluding tert-OH is 3. The van der Waals surface area contributed by atoms with Gasteiger partial charge < -0.3 is 35.4 Å². The minimum absolute atomic E-state index is 0.142. The van der Waals surface area contributed by atoms with E-state index in [0.29, 0.717) is 22.3 Å². The molecular weight excluding hydrogens is 420 g/mol. The zero-order valence-corrected chi connectivity index (χ0v) is 16.9. The molecule has 1 aliphatic heterocycles. The molecule has 3 unspecified atom stereocenters. The highest BCUT2D eigenvalue weighted by molar-refractivity contribution is 6.14. The van der Waals surface area contributed by atoms with E-state index in [4.69, 9.17) is 0 Å². The lowest BCUT2D eigenvalue weighted by molar-refractivity contribution is -0.198. The maximum Gasteiger partial charge on any atom is 0.331 e. The number of hydrogen-bond acceptors (Lipinski definition) is 9. The number of allylic oxidation sites excluding steroid dienone is 4. The predicted molar refractivity (Wildman–Crippen MR) is 108 cm³/mol. The Morgan fingerprint density at radius 3 is 2.47 bits per heavy atom. The molecule has 0 amide bonds. The Morgan fingerprint density at radius 2 is 1.81 bits per heavy atom. The summed E-state index contributed by atoms with van der Waals surface area (Å²) in [4.78, 5) is 24.3. The number of fused-ring (bicyclic) bond motifs is 3. The molecular formula is C23H22O9. The van der Waals surface area contributed by atoms with Crippen LogP contribution in [0.25, 0.3) is 5.57 Å². The monoisotopic (exact) mass is 442 g/mol. The van der Waals surface area contributed by atoms with Crippen LogP contribution in [0.15, 0.2) is 41.5 Å². The lowest BCUT2D eigenvalue weighted by Crippen LogP contribution is -2.53. The first-order valence-electron chi connectivity index (χ1n) is 10.3. The lowest BCUT2D eigenvalue weighted by atomic mass is 9.75. The molecule has 0 spiro atoms. The van der Waals surface area contributed by atoms with Crippen LogP contribution >= 0.6 is 0 Å². The third-order valence-electron chi connectivity index (χ3n) is 7.00. The summed E-state index contributed by atoms with van der Waals surface area (Å²) < 4.78 is 4.53. The second-order valence-electron chi connectivity index (χ2n) is 8.81. The van der Waals surface area contributed by atoms with E-state index in [1.54, 1.807) is 12.1 Å². The Labute approximate surface area is 182 Å². The summed E-state index contributed by atoms with van der Waals surface area (Å²) in [7, 11) is 0. The molecule has 1 heterocycles.